The first-order valence-corrected chi connectivity index (χ1v) is 5.61. The fraction of sp³-hybridized carbons (Fsp3) is 0.200. The van der Waals surface area contributed by atoms with Crippen LogP contribution in [0.5, 0.6) is 0 Å². The first kappa shape index (κ1) is 9.92. The summed E-state index contributed by atoms with van der Waals surface area (Å²) in [5.41, 5.74) is 7.61. The van der Waals surface area contributed by atoms with E-state index in [4.69, 9.17) is 5.73 Å². The smallest absolute Gasteiger partial charge is 0.152 e. The van der Waals surface area contributed by atoms with Crippen LogP contribution < -0.4 is 11.1 Å². The molecule has 0 aliphatic rings. The van der Waals surface area contributed by atoms with Crippen molar-refractivity contribution in [3.8, 4) is 0 Å². The summed E-state index contributed by atoms with van der Waals surface area (Å²) in [6, 6.07) is 2.12. The van der Waals surface area contributed by atoms with Gasteiger partial charge in [-0.25, -0.2) is 9.97 Å². The number of rotatable bonds is 4. The van der Waals surface area contributed by atoms with Gasteiger partial charge in [0.25, 0.3) is 0 Å². The van der Waals surface area contributed by atoms with Crippen molar-refractivity contribution in [1.29, 1.82) is 0 Å². The molecule has 0 saturated carbocycles. The quantitative estimate of drug-likeness (QED) is 0.824. The van der Waals surface area contributed by atoms with Crippen LogP contribution in [0.2, 0.25) is 0 Å². The van der Waals surface area contributed by atoms with Crippen LogP contribution in [0.3, 0.4) is 0 Å². The highest BCUT2D eigenvalue weighted by atomic mass is 32.1. The molecule has 0 saturated heterocycles. The molecule has 78 valence electrons. The number of nitrogens with two attached hydrogens (primary N) is 1. The third-order valence-corrected chi connectivity index (χ3v) is 2.76. The van der Waals surface area contributed by atoms with Crippen molar-refractivity contribution in [3.05, 3.63) is 34.9 Å². The number of nitrogen functional groups attached to an aromatic ring is 1. The van der Waals surface area contributed by atoms with Crippen molar-refractivity contribution in [2.24, 2.45) is 0 Å². The summed E-state index contributed by atoms with van der Waals surface area (Å²) >= 11 is 1.71. The standard InChI is InChI=1S/C10H12N4S/c11-9-5-12-7-14-10(9)13-3-1-8-2-4-15-6-8/h2,4-7H,1,3,11H2,(H,12,13,14). The summed E-state index contributed by atoms with van der Waals surface area (Å²) in [4.78, 5) is 7.88. The van der Waals surface area contributed by atoms with Crippen molar-refractivity contribution in [2.75, 3.05) is 17.6 Å². The molecule has 15 heavy (non-hydrogen) atoms. The minimum Gasteiger partial charge on any atom is -0.394 e. The van der Waals surface area contributed by atoms with Gasteiger partial charge in [-0.05, 0) is 28.8 Å². The molecule has 0 radical (unpaired) electrons. The molecule has 2 rings (SSSR count). The number of hydrogen-bond donors (Lipinski definition) is 2. The molecule has 0 spiro atoms. The van der Waals surface area contributed by atoms with E-state index in [9.17, 15) is 0 Å². The van der Waals surface area contributed by atoms with Crippen LogP contribution in [0.25, 0.3) is 0 Å². The lowest BCUT2D eigenvalue weighted by molar-refractivity contribution is 1.01. The third-order valence-electron chi connectivity index (χ3n) is 2.03. The summed E-state index contributed by atoms with van der Waals surface area (Å²) in [5.74, 6) is 0.709. The summed E-state index contributed by atoms with van der Waals surface area (Å²) in [5, 5.41) is 7.40. The molecular weight excluding hydrogens is 208 g/mol. The van der Waals surface area contributed by atoms with Crippen molar-refractivity contribution in [3.63, 3.8) is 0 Å². The zero-order valence-corrected chi connectivity index (χ0v) is 9.00. The Morgan fingerprint density at radius 3 is 3.13 bits per heavy atom. The number of thiophene rings is 1. The van der Waals surface area contributed by atoms with Crippen LogP contribution in [-0.4, -0.2) is 16.5 Å². The lowest BCUT2D eigenvalue weighted by Gasteiger charge is -2.05. The van der Waals surface area contributed by atoms with E-state index in [1.54, 1.807) is 17.5 Å². The van der Waals surface area contributed by atoms with Gasteiger partial charge in [-0.1, -0.05) is 0 Å². The van der Waals surface area contributed by atoms with Gasteiger partial charge in [0.05, 0.1) is 11.9 Å². The topological polar surface area (TPSA) is 63.8 Å². The van der Waals surface area contributed by atoms with Crippen LogP contribution in [0.1, 0.15) is 5.56 Å². The van der Waals surface area contributed by atoms with Crippen LogP contribution in [0, 0.1) is 0 Å². The largest absolute Gasteiger partial charge is 0.394 e. The Bertz CT molecular complexity index is 413. The molecule has 0 aliphatic carbocycles. The lowest BCUT2D eigenvalue weighted by Crippen LogP contribution is -2.08. The van der Waals surface area contributed by atoms with Crippen molar-refractivity contribution in [2.45, 2.75) is 6.42 Å². The normalized spacial score (nSPS) is 10.1. The molecule has 0 unspecified atom stereocenters. The Balaban J connectivity index is 1.86. The Kier molecular flexibility index (Phi) is 3.14. The molecule has 0 aromatic carbocycles. The highest BCUT2D eigenvalue weighted by Gasteiger charge is 1.98. The van der Waals surface area contributed by atoms with E-state index >= 15 is 0 Å². The molecule has 5 heteroatoms. The molecule has 0 fully saturated rings. The third kappa shape index (κ3) is 2.66. The maximum Gasteiger partial charge on any atom is 0.152 e. The summed E-state index contributed by atoms with van der Waals surface area (Å²) in [6.07, 6.45) is 4.07. The highest BCUT2D eigenvalue weighted by molar-refractivity contribution is 7.07. The second kappa shape index (κ2) is 4.75. The van der Waals surface area contributed by atoms with Gasteiger partial charge in [-0.2, -0.15) is 11.3 Å². The molecule has 0 bridgehead atoms. The fourth-order valence-electron chi connectivity index (χ4n) is 1.25. The Labute approximate surface area is 92.2 Å². The monoisotopic (exact) mass is 220 g/mol. The van der Waals surface area contributed by atoms with E-state index in [-0.39, 0.29) is 0 Å². The van der Waals surface area contributed by atoms with Crippen molar-refractivity contribution < 1.29 is 0 Å². The first-order valence-electron chi connectivity index (χ1n) is 4.66. The average molecular weight is 220 g/mol. The predicted molar refractivity (Wildman–Crippen MR) is 63.0 cm³/mol. The molecule has 0 amide bonds. The number of nitrogens with one attached hydrogen (secondary N) is 1. The van der Waals surface area contributed by atoms with Gasteiger partial charge in [-0.3, -0.25) is 0 Å². The van der Waals surface area contributed by atoms with Crippen LogP contribution in [0.15, 0.2) is 29.4 Å². The number of anilines is 2. The van der Waals surface area contributed by atoms with Crippen molar-refractivity contribution >= 4 is 22.8 Å². The Hall–Kier alpha value is -1.62. The first-order chi connectivity index (χ1) is 7.36. The van der Waals surface area contributed by atoms with Crippen LogP contribution >= 0.6 is 11.3 Å². The maximum absolute atomic E-state index is 5.69. The molecule has 2 aromatic heterocycles. The number of nitrogens with zero attached hydrogens (tertiary/aromatic N) is 2. The zero-order valence-electron chi connectivity index (χ0n) is 8.18. The van der Waals surface area contributed by atoms with Crippen LogP contribution in [0.4, 0.5) is 11.5 Å². The van der Waals surface area contributed by atoms with Gasteiger partial charge in [0.1, 0.15) is 6.33 Å². The summed E-state index contributed by atoms with van der Waals surface area (Å²) < 4.78 is 0. The van der Waals surface area contributed by atoms with E-state index in [2.05, 4.69) is 32.1 Å². The second-order valence-corrected chi connectivity index (χ2v) is 3.92. The van der Waals surface area contributed by atoms with E-state index < -0.39 is 0 Å². The summed E-state index contributed by atoms with van der Waals surface area (Å²) in [6.45, 7) is 0.831. The average Bonchev–Trinajstić information content (AvgIpc) is 2.74. The minimum absolute atomic E-state index is 0.586. The number of aromatic nitrogens is 2. The molecule has 3 N–H and O–H groups in total. The molecule has 2 aromatic rings. The SMILES string of the molecule is Nc1cncnc1NCCc1ccsc1. The van der Waals surface area contributed by atoms with Crippen molar-refractivity contribution in [1.82, 2.24) is 9.97 Å². The van der Waals surface area contributed by atoms with Gasteiger partial charge in [0, 0.05) is 6.54 Å². The Morgan fingerprint density at radius 2 is 2.40 bits per heavy atom. The number of hydrogen-bond acceptors (Lipinski definition) is 5. The van der Waals surface area contributed by atoms with Gasteiger partial charge in [-0.15, -0.1) is 0 Å². The molecule has 0 aliphatic heterocycles. The maximum atomic E-state index is 5.69. The fourth-order valence-corrected chi connectivity index (χ4v) is 1.95. The van der Waals surface area contributed by atoms with E-state index in [0.717, 1.165) is 13.0 Å². The van der Waals surface area contributed by atoms with E-state index in [1.807, 2.05) is 0 Å². The van der Waals surface area contributed by atoms with Gasteiger partial charge in [0.2, 0.25) is 0 Å². The zero-order chi connectivity index (χ0) is 10.5. The molecule has 2 heterocycles. The molecule has 4 nitrogen and oxygen atoms in total. The van der Waals surface area contributed by atoms with Gasteiger partial charge >= 0.3 is 0 Å². The van der Waals surface area contributed by atoms with E-state index in [0.29, 0.717) is 11.5 Å². The van der Waals surface area contributed by atoms with E-state index in [1.165, 1.54) is 11.9 Å². The predicted octanol–water partition coefficient (Wildman–Crippen LogP) is 1.77. The molecular formula is C10H12N4S. The molecule has 0 atom stereocenters. The van der Waals surface area contributed by atoms with Crippen LogP contribution in [-0.2, 0) is 6.42 Å². The summed E-state index contributed by atoms with van der Waals surface area (Å²) in [7, 11) is 0. The Morgan fingerprint density at radius 1 is 1.47 bits per heavy atom. The lowest BCUT2D eigenvalue weighted by atomic mass is 10.2. The minimum atomic E-state index is 0.586. The highest BCUT2D eigenvalue weighted by Crippen LogP contribution is 2.12. The van der Waals surface area contributed by atoms with Gasteiger partial charge < -0.3 is 11.1 Å². The second-order valence-electron chi connectivity index (χ2n) is 3.14. The van der Waals surface area contributed by atoms with Gasteiger partial charge in [0.15, 0.2) is 5.82 Å².